The van der Waals surface area contributed by atoms with Crippen LogP contribution in [0.4, 0.5) is 13.2 Å². The minimum atomic E-state index is -4.63. The molecule has 0 spiro atoms. The van der Waals surface area contributed by atoms with Gasteiger partial charge in [0.05, 0.1) is 0 Å². The summed E-state index contributed by atoms with van der Waals surface area (Å²) in [4.78, 5) is 0. The van der Waals surface area contributed by atoms with Crippen LogP contribution in [0.2, 0.25) is 0 Å². The maximum atomic E-state index is 12.1. The first-order chi connectivity index (χ1) is 5.37. The summed E-state index contributed by atoms with van der Waals surface area (Å²) in [6.07, 6.45) is -3.58. The molecular weight excluding hydrogens is 169 g/mol. The average Bonchev–Trinajstić information content (AvgIpc) is 1.86. The summed E-state index contributed by atoms with van der Waals surface area (Å²) in [7, 11) is 0. The summed E-state index contributed by atoms with van der Waals surface area (Å²) >= 11 is 0. The van der Waals surface area contributed by atoms with E-state index in [2.05, 4.69) is 13.2 Å². The second-order valence-corrected chi connectivity index (χ2v) is 2.51. The fourth-order valence-corrected chi connectivity index (χ4v) is 0.792. The molecule has 1 nitrogen and oxygen atoms in total. The predicted molar refractivity (Wildman–Crippen MR) is 40.6 cm³/mol. The number of aliphatic hydroxyl groups is 1. The number of rotatable bonds is 4. The topological polar surface area (TPSA) is 20.2 Å². The molecule has 0 heterocycles. The Balaban J connectivity index is 4.59. The zero-order valence-corrected chi connectivity index (χ0v) is 6.56. The van der Waals surface area contributed by atoms with E-state index in [9.17, 15) is 13.2 Å². The molecule has 0 saturated carbocycles. The van der Waals surface area contributed by atoms with E-state index >= 15 is 0 Å². The van der Waals surface area contributed by atoms with Gasteiger partial charge >= 0.3 is 6.18 Å². The van der Waals surface area contributed by atoms with Crippen molar-refractivity contribution in [2.75, 3.05) is 0 Å². The van der Waals surface area contributed by atoms with Crippen LogP contribution in [-0.2, 0) is 0 Å². The van der Waals surface area contributed by atoms with Crippen LogP contribution >= 0.6 is 0 Å². The lowest BCUT2D eigenvalue weighted by Crippen LogP contribution is -2.44. The highest BCUT2D eigenvalue weighted by atomic mass is 19.4. The van der Waals surface area contributed by atoms with Crippen molar-refractivity contribution in [1.82, 2.24) is 0 Å². The summed E-state index contributed by atoms with van der Waals surface area (Å²) in [5.74, 6) is 0. The Hall–Kier alpha value is -0.770. The molecule has 0 aliphatic carbocycles. The van der Waals surface area contributed by atoms with Crippen molar-refractivity contribution >= 4 is 0 Å². The summed E-state index contributed by atoms with van der Waals surface area (Å²) in [6, 6.07) is 0. The van der Waals surface area contributed by atoms with Crippen molar-refractivity contribution in [3.8, 4) is 0 Å². The van der Waals surface area contributed by atoms with Crippen LogP contribution in [0.5, 0.6) is 0 Å². The molecule has 0 saturated heterocycles. The van der Waals surface area contributed by atoms with Crippen molar-refractivity contribution in [1.29, 1.82) is 0 Å². The Labute approximate surface area is 69.2 Å². The summed E-state index contributed by atoms with van der Waals surface area (Å²) in [5.41, 5.74) is -2.70. The largest absolute Gasteiger partial charge is 0.417 e. The molecule has 12 heavy (non-hydrogen) atoms. The Morgan fingerprint density at radius 2 is 1.42 bits per heavy atom. The van der Waals surface area contributed by atoms with E-state index in [0.717, 1.165) is 12.2 Å². The molecule has 0 aromatic rings. The zero-order valence-electron chi connectivity index (χ0n) is 6.56. The predicted octanol–water partition coefficient (Wildman–Crippen LogP) is 2.43. The van der Waals surface area contributed by atoms with E-state index in [-0.39, 0.29) is 0 Å². The van der Waals surface area contributed by atoms with Gasteiger partial charge in [0.25, 0.3) is 0 Å². The van der Waals surface area contributed by atoms with E-state index in [1.807, 2.05) is 0 Å². The van der Waals surface area contributed by atoms with E-state index in [1.54, 1.807) is 0 Å². The Kier molecular flexibility index (Phi) is 3.52. The zero-order chi connectivity index (χ0) is 9.83. The van der Waals surface area contributed by atoms with Crippen LogP contribution in [0.3, 0.4) is 0 Å². The first kappa shape index (κ1) is 11.2. The number of alkyl halides is 3. The monoisotopic (exact) mass is 180 g/mol. The lowest BCUT2D eigenvalue weighted by molar-refractivity contribution is -0.257. The Morgan fingerprint density at radius 3 is 1.58 bits per heavy atom. The van der Waals surface area contributed by atoms with Crippen molar-refractivity contribution in [3.05, 3.63) is 25.3 Å². The van der Waals surface area contributed by atoms with Crippen LogP contribution in [0, 0.1) is 0 Å². The van der Waals surface area contributed by atoms with E-state index in [4.69, 9.17) is 5.11 Å². The molecule has 0 fully saturated rings. The van der Waals surface area contributed by atoms with E-state index in [0.29, 0.717) is 0 Å². The van der Waals surface area contributed by atoms with Crippen LogP contribution in [0.15, 0.2) is 25.3 Å². The Morgan fingerprint density at radius 1 is 1.08 bits per heavy atom. The summed E-state index contributed by atoms with van der Waals surface area (Å²) in [6.45, 7) is 6.29. The molecule has 0 amide bonds. The third-order valence-corrected chi connectivity index (χ3v) is 1.49. The highest BCUT2D eigenvalue weighted by molar-refractivity contribution is 4.96. The highest BCUT2D eigenvalue weighted by Crippen LogP contribution is 2.36. The normalized spacial score (nSPS) is 12.7. The second-order valence-electron chi connectivity index (χ2n) is 2.51. The molecule has 0 bridgehead atoms. The highest BCUT2D eigenvalue weighted by Gasteiger charge is 2.51. The van der Waals surface area contributed by atoms with Crippen molar-refractivity contribution in [2.45, 2.75) is 24.6 Å². The minimum absolute atomic E-state index is 0.511. The van der Waals surface area contributed by atoms with E-state index in [1.165, 1.54) is 0 Å². The number of hydrogen-bond acceptors (Lipinski definition) is 1. The molecule has 0 atom stereocenters. The quantitative estimate of drug-likeness (QED) is 0.659. The van der Waals surface area contributed by atoms with Gasteiger partial charge in [-0.15, -0.1) is 13.2 Å². The smallest absolute Gasteiger partial charge is 0.380 e. The molecular formula is C8H11F3O. The van der Waals surface area contributed by atoms with Crippen LogP contribution in [0.25, 0.3) is 0 Å². The molecule has 0 radical (unpaired) electrons. The standard InChI is InChI=1S/C8H11F3O/c1-3-5-7(12,6-4-2)8(9,10)11/h3-4,12H,1-2,5-6H2. The fraction of sp³-hybridized carbons (Fsp3) is 0.500. The van der Waals surface area contributed by atoms with Crippen LogP contribution < -0.4 is 0 Å². The van der Waals surface area contributed by atoms with Gasteiger partial charge in [0.1, 0.15) is 0 Å². The number of hydrogen-bond donors (Lipinski definition) is 1. The van der Waals surface area contributed by atoms with E-state index < -0.39 is 24.6 Å². The third kappa shape index (κ3) is 2.37. The van der Waals surface area contributed by atoms with Crippen molar-refractivity contribution in [3.63, 3.8) is 0 Å². The molecule has 0 unspecified atom stereocenters. The summed E-state index contributed by atoms with van der Waals surface area (Å²) in [5, 5.41) is 9.08. The average molecular weight is 180 g/mol. The lowest BCUT2D eigenvalue weighted by Gasteiger charge is -2.28. The SMILES string of the molecule is C=CCC(O)(CC=C)C(F)(F)F. The Bertz CT molecular complexity index is 162. The molecule has 0 aromatic heterocycles. The maximum absolute atomic E-state index is 12.1. The molecule has 0 rings (SSSR count). The number of halogens is 3. The van der Waals surface area contributed by atoms with Gasteiger partial charge in [0.2, 0.25) is 0 Å². The first-order valence-corrected chi connectivity index (χ1v) is 3.38. The van der Waals surface area contributed by atoms with Crippen LogP contribution in [-0.4, -0.2) is 16.9 Å². The molecule has 70 valence electrons. The molecule has 0 aliphatic heterocycles. The molecule has 0 aliphatic rings. The van der Waals surface area contributed by atoms with Gasteiger partial charge in [-0.3, -0.25) is 0 Å². The molecule has 4 heteroatoms. The molecule has 0 aromatic carbocycles. The van der Waals surface area contributed by atoms with Gasteiger partial charge in [0, 0.05) is 12.8 Å². The van der Waals surface area contributed by atoms with Gasteiger partial charge in [-0.05, 0) is 0 Å². The minimum Gasteiger partial charge on any atom is -0.380 e. The summed E-state index contributed by atoms with van der Waals surface area (Å²) < 4.78 is 36.4. The van der Waals surface area contributed by atoms with Crippen molar-refractivity contribution in [2.24, 2.45) is 0 Å². The maximum Gasteiger partial charge on any atom is 0.417 e. The lowest BCUT2D eigenvalue weighted by atomic mass is 9.95. The van der Waals surface area contributed by atoms with Crippen LogP contribution in [0.1, 0.15) is 12.8 Å². The first-order valence-electron chi connectivity index (χ1n) is 3.38. The van der Waals surface area contributed by atoms with Gasteiger partial charge in [-0.2, -0.15) is 13.2 Å². The fourth-order valence-electron chi connectivity index (χ4n) is 0.792. The van der Waals surface area contributed by atoms with Crippen molar-refractivity contribution < 1.29 is 18.3 Å². The van der Waals surface area contributed by atoms with Gasteiger partial charge < -0.3 is 5.11 Å². The van der Waals surface area contributed by atoms with Gasteiger partial charge in [-0.1, -0.05) is 12.2 Å². The third-order valence-electron chi connectivity index (χ3n) is 1.49. The van der Waals surface area contributed by atoms with Gasteiger partial charge in [0.15, 0.2) is 5.60 Å². The van der Waals surface area contributed by atoms with Gasteiger partial charge in [-0.25, -0.2) is 0 Å². The molecule has 1 N–H and O–H groups in total. The second kappa shape index (κ2) is 3.76.